The van der Waals surface area contributed by atoms with Crippen LogP contribution in [0, 0.1) is 0 Å². The molecule has 2 aromatic rings. The van der Waals surface area contributed by atoms with Gasteiger partial charge in [0.25, 0.3) is 0 Å². The van der Waals surface area contributed by atoms with Gasteiger partial charge in [0, 0.05) is 16.6 Å². The standard InChI is InChI=1S/C18H19Cl2NO2/c1-21-7-6-11-8-16(22-2)17(23-3)10-14(11)18(21)13-5-4-12(19)9-15(13)20/h4-5,8-10,18H,6-7H2,1-3H3. The largest absolute Gasteiger partial charge is 0.493 e. The van der Waals surface area contributed by atoms with Crippen molar-refractivity contribution in [3.63, 3.8) is 0 Å². The van der Waals surface area contributed by atoms with Gasteiger partial charge in [-0.3, -0.25) is 4.90 Å². The van der Waals surface area contributed by atoms with E-state index in [2.05, 4.69) is 24.1 Å². The monoisotopic (exact) mass is 351 g/mol. The molecular weight excluding hydrogens is 333 g/mol. The van der Waals surface area contributed by atoms with Gasteiger partial charge in [-0.05, 0) is 54.4 Å². The van der Waals surface area contributed by atoms with Crippen LogP contribution in [0.15, 0.2) is 30.3 Å². The highest BCUT2D eigenvalue weighted by atomic mass is 35.5. The maximum Gasteiger partial charge on any atom is 0.161 e. The molecule has 1 heterocycles. The predicted octanol–water partition coefficient (Wildman–Crippen LogP) is 4.59. The van der Waals surface area contributed by atoms with Crippen molar-refractivity contribution in [1.29, 1.82) is 0 Å². The van der Waals surface area contributed by atoms with Crippen molar-refractivity contribution in [3.8, 4) is 11.5 Å². The number of halogens is 2. The summed E-state index contributed by atoms with van der Waals surface area (Å²) in [6, 6.07) is 9.87. The Morgan fingerprint density at radius 2 is 1.70 bits per heavy atom. The first-order valence-corrected chi connectivity index (χ1v) is 8.20. The molecule has 1 aliphatic rings. The first kappa shape index (κ1) is 16.4. The highest BCUT2D eigenvalue weighted by Gasteiger charge is 2.29. The number of fused-ring (bicyclic) bond motifs is 1. The maximum atomic E-state index is 6.46. The molecule has 0 saturated heterocycles. The number of hydrogen-bond acceptors (Lipinski definition) is 3. The molecule has 0 N–H and O–H groups in total. The molecule has 0 spiro atoms. The summed E-state index contributed by atoms with van der Waals surface area (Å²) < 4.78 is 10.9. The maximum absolute atomic E-state index is 6.46. The molecule has 23 heavy (non-hydrogen) atoms. The third-order valence-corrected chi connectivity index (χ3v) is 4.93. The minimum atomic E-state index is 0.0725. The Morgan fingerprint density at radius 3 is 2.35 bits per heavy atom. The highest BCUT2D eigenvalue weighted by Crippen LogP contribution is 2.42. The van der Waals surface area contributed by atoms with E-state index in [0.717, 1.165) is 30.0 Å². The number of hydrogen-bond donors (Lipinski definition) is 0. The molecule has 0 fully saturated rings. The topological polar surface area (TPSA) is 21.7 Å². The van der Waals surface area contributed by atoms with E-state index in [1.54, 1.807) is 20.3 Å². The van der Waals surface area contributed by atoms with Crippen LogP contribution in [0.3, 0.4) is 0 Å². The highest BCUT2D eigenvalue weighted by molar-refractivity contribution is 6.35. The average Bonchev–Trinajstić information content (AvgIpc) is 2.54. The molecule has 0 bridgehead atoms. The molecule has 0 aromatic heterocycles. The Kier molecular flexibility index (Phi) is 4.72. The summed E-state index contributed by atoms with van der Waals surface area (Å²) in [6.07, 6.45) is 0.966. The summed E-state index contributed by atoms with van der Waals surface area (Å²) in [5, 5.41) is 1.32. The van der Waals surface area contributed by atoms with Crippen molar-refractivity contribution in [2.24, 2.45) is 0 Å². The molecule has 0 aliphatic carbocycles. The molecule has 3 rings (SSSR count). The van der Waals surface area contributed by atoms with E-state index in [1.165, 1.54) is 11.1 Å². The normalized spacial score (nSPS) is 17.7. The first-order valence-electron chi connectivity index (χ1n) is 7.45. The van der Waals surface area contributed by atoms with E-state index < -0.39 is 0 Å². The Morgan fingerprint density at radius 1 is 1.00 bits per heavy atom. The van der Waals surface area contributed by atoms with Crippen molar-refractivity contribution in [2.45, 2.75) is 12.5 Å². The van der Waals surface area contributed by atoms with Gasteiger partial charge in [-0.25, -0.2) is 0 Å². The second-order valence-electron chi connectivity index (χ2n) is 5.70. The minimum Gasteiger partial charge on any atom is -0.493 e. The third kappa shape index (κ3) is 3.01. The van der Waals surface area contributed by atoms with Crippen molar-refractivity contribution in [2.75, 3.05) is 27.8 Å². The molecule has 0 radical (unpaired) electrons. The van der Waals surface area contributed by atoms with Crippen LogP contribution in [-0.4, -0.2) is 32.7 Å². The predicted molar refractivity (Wildman–Crippen MR) is 94.2 cm³/mol. The lowest BCUT2D eigenvalue weighted by atomic mass is 9.88. The van der Waals surface area contributed by atoms with Crippen LogP contribution in [-0.2, 0) is 6.42 Å². The molecule has 1 unspecified atom stereocenters. The smallest absolute Gasteiger partial charge is 0.161 e. The summed E-state index contributed by atoms with van der Waals surface area (Å²) in [5.74, 6) is 1.49. The fourth-order valence-corrected chi connectivity index (χ4v) is 3.71. The molecule has 5 heteroatoms. The summed E-state index contributed by atoms with van der Waals surface area (Å²) >= 11 is 12.5. The van der Waals surface area contributed by atoms with Gasteiger partial charge in [0.05, 0.1) is 20.3 Å². The Labute approximate surface area is 146 Å². The number of rotatable bonds is 3. The quantitative estimate of drug-likeness (QED) is 0.807. The average molecular weight is 352 g/mol. The number of benzene rings is 2. The van der Waals surface area contributed by atoms with Crippen LogP contribution in [0.25, 0.3) is 0 Å². The van der Waals surface area contributed by atoms with E-state index >= 15 is 0 Å². The molecular formula is C18H19Cl2NO2. The molecule has 2 aromatic carbocycles. The molecule has 0 amide bonds. The SMILES string of the molecule is COc1cc2c(cc1OC)C(c1ccc(Cl)cc1Cl)N(C)CC2. The Bertz CT molecular complexity index is 733. The molecule has 3 nitrogen and oxygen atoms in total. The van der Waals surface area contributed by atoms with Gasteiger partial charge in [-0.1, -0.05) is 29.3 Å². The first-order chi connectivity index (χ1) is 11.0. The van der Waals surface area contributed by atoms with Crippen LogP contribution in [0.4, 0.5) is 0 Å². The summed E-state index contributed by atoms with van der Waals surface area (Å²) in [5.41, 5.74) is 3.50. The molecule has 1 aliphatic heterocycles. The van der Waals surface area contributed by atoms with Crippen LogP contribution in [0.5, 0.6) is 11.5 Å². The van der Waals surface area contributed by atoms with Crippen LogP contribution in [0.1, 0.15) is 22.7 Å². The van der Waals surface area contributed by atoms with Crippen molar-refractivity contribution >= 4 is 23.2 Å². The zero-order chi connectivity index (χ0) is 16.6. The van der Waals surface area contributed by atoms with Gasteiger partial charge < -0.3 is 9.47 Å². The van der Waals surface area contributed by atoms with E-state index in [0.29, 0.717) is 10.0 Å². The van der Waals surface area contributed by atoms with Gasteiger partial charge in [0.2, 0.25) is 0 Å². The second kappa shape index (κ2) is 6.60. The molecule has 1 atom stereocenters. The lowest BCUT2D eigenvalue weighted by Crippen LogP contribution is -2.33. The van der Waals surface area contributed by atoms with Gasteiger partial charge in [-0.2, -0.15) is 0 Å². The minimum absolute atomic E-state index is 0.0725. The van der Waals surface area contributed by atoms with Crippen molar-refractivity contribution < 1.29 is 9.47 Å². The molecule has 122 valence electrons. The Balaban J connectivity index is 2.16. The summed E-state index contributed by atoms with van der Waals surface area (Å²) in [4.78, 5) is 2.30. The number of likely N-dealkylation sites (N-methyl/N-ethyl adjacent to an activating group) is 1. The summed E-state index contributed by atoms with van der Waals surface area (Å²) in [7, 11) is 5.42. The number of nitrogens with zero attached hydrogens (tertiary/aromatic N) is 1. The lowest BCUT2D eigenvalue weighted by Gasteiger charge is -2.36. The van der Waals surface area contributed by atoms with Gasteiger partial charge in [-0.15, -0.1) is 0 Å². The third-order valence-electron chi connectivity index (χ3n) is 4.37. The summed E-state index contributed by atoms with van der Waals surface area (Å²) in [6.45, 7) is 0.951. The van der Waals surface area contributed by atoms with Crippen LogP contribution in [0.2, 0.25) is 10.0 Å². The number of methoxy groups -OCH3 is 2. The van der Waals surface area contributed by atoms with Gasteiger partial charge in [0.15, 0.2) is 11.5 Å². The zero-order valence-corrected chi connectivity index (χ0v) is 14.9. The van der Waals surface area contributed by atoms with Gasteiger partial charge in [0.1, 0.15) is 0 Å². The second-order valence-corrected chi connectivity index (χ2v) is 6.55. The fraction of sp³-hybridized carbons (Fsp3) is 0.333. The van der Waals surface area contributed by atoms with E-state index in [1.807, 2.05) is 12.1 Å². The van der Waals surface area contributed by atoms with Crippen LogP contribution >= 0.6 is 23.2 Å². The molecule has 0 saturated carbocycles. The van der Waals surface area contributed by atoms with E-state index in [9.17, 15) is 0 Å². The fourth-order valence-electron chi connectivity index (χ4n) is 3.20. The van der Waals surface area contributed by atoms with Crippen molar-refractivity contribution in [3.05, 3.63) is 57.1 Å². The number of ether oxygens (including phenoxy) is 2. The van der Waals surface area contributed by atoms with E-state index in [4.69, 9.17) is 32.7 Å². The van der Waals surface area contributed by atoms with Crippen LogP contribution < -0.4 is 9.47 Å². The zero-order valence-electron chi connectivity index (χ0n) is 13.4. The van der Waals surface area contributed by atoms with E-state index in [-0.39, 0.29) is 6.04 Å². The Hall–Kier alpha value is -1.42. The van der Waals surface area contributed by atoms with Gasteiger partial charge >= 0.3 is 0 Å². The van der Waals surface area contributed by atoms with Crippen molar-refractivity contribution in [1.82, 2.24) is 4.90 Å². The lowest BCUT2D eigenvalue weighted by molar-refractivity contribution is 0.262.